The van der Waals surface area contributed by atoms with E-state index >= 15 is 0 Å². The third-order valence-corrected chi connectivity index (χ3v) is 5.31. The van der Waals surface area contributed by atoms with Crippen LogP contribution in [0.1, 0.15) is 11.3 Å². The van der Waals surface area contributed by atoms with Crippen molar-refractivity contribution in [3.05, 3.63) is 63.2 Å². The minimum absolute atomic E-state index is 0.205. The van der Waals surface area contributed by atoms with Crippen molar-refractivity contribution < 1.29 is 39.9 Å². The second kappa shape index (κ2) is 9.06. The summed E-state index contributed by atoms with van der Waals surface area (Å²) < 4.78 is 112. The highest BCUT2D eigenvalue weighted by molar-refractivity contribution is 7.98. The summed E-state index contributed by atoms with van der Waals surface area (Å²) >= 11 is 6.50. The first-order chi connectivity index (χ1) is 15.7. The van der Waals surface area contributed by atoms with Gasteiger partial charge < -0.3 is 9.72 Å². The van der Waals surface area contributed by atoms with Gasteiger partial charge in [-0.15, -0.1) is 11.8 Å². The van der Waals surface area contributed by atoms with Gasteiger partial charge in [0.2, 0.25) is 5.75 Å². The molecule has 1 aromatic carbocycles. The number of H-pyrrole nitrogens is 1. The molecule has 0 atom stereocenters. The second-order valence-electron chi connectivity index (χ2n) is 6.46. The van der Waals surface area contributed by atoms with Crippen molar-refractivity contribution in [3.63, 3.8) is 0 Å². The molecule has 182 valence electrons. The summed E-state index contributed by atoms with van der Waals surface area (Å²) in [6.07, 6.45) is -8.48. The van der Waals surface area contributed by atoms with Gasteiger partial charge in [-0.05, 0) is 36.6 Å². The first-order valence-electron chi connectivity index (χ1n) is 8.80. The van der Waals surface area contributed by atoms with Crippen molar-refractivity contribution in [2.75, 3.05) is 6.26 Å². The molecule has 0 saturated carbocycles. The van der Waals surface area contributed by atoms with Crippen molar-refractivity contribution in [3.8, 4) is 23.0 Å². The molecule has 1 N–H and O–H groups in total. The van der Waals surface area contributed by atoms with Crippen LogP contribution in [0.25, 0.3) is 11.5 Å². The maximum absolute atomic E-state index is 14.4. The Morgan fingerprint density at radius 1 is 1.06 bits per heavy atom. The Balaban J connectivity index is 2.25. The van der Waals surface area contributed by atoms with E-state index < -0.39 is 57.4 Å². The molecule has 0 saturated heterocycles. The van der Waals surface area contributed by atoms with Crippen molar-refractivity contribution in [2.45, 2.75) is 23.2 Å². The number of halogens is 9. The molecule has 34 heavy (non-hydrogen) atoms. The van der Waals surface area contributed by atoms with E-state index in [9.17, 15) is 39.9 Å². The molecule has 2 heterocycles. The van der Waals surface area contributed by atoms with Gasteiger partial charge in [0.15, 0.2) is 11.5 Å². The zero-order valence-electron chi connectivity index (χ0n) is 16.5. The zero-order valence-corrected chi connectivity index (χ0v) is 18.1. The lowest BCUT2D eigenvalue weighted by atomic mass is 10.2. The minimum Gasteiger partial charge on any atom is -0.449 e. The van der Waals surface area contributed by atoms with Gasteiger partial charge in [-0.1, -0.05) is 11.6 Å². The van der Waals surface area contributed by atoms with E-state index in [4.69, 9.17) is 16.3 Å². The van der Waals surface area contributed by atoms with Gasteiger partial charge in [-0.25, -0.2) is 4.98 Å². The molecule has 0 spiro atoms. The molecule has 0 bridgehead atoms. The Kier molecular flexibility index (Phi) is 6.86. The summed E-state index contributed by atoms with van der Waals surface area (Å²) in [5.74, 6) is -8.96. The highest BCUT2D eigenvalue weighted by Gasteiger charge is 2.62. The van der Waals surface area contributed by atoms with Crippen LogP contribution in [0.15, 0.2) is 46.2 Å². The molecular formula is C19H10ClF8N3O2S. The van der Waals surface area contributed by atoms with Gasteiger partial charge in [0.1, 0.15) is 11.4 Å². The van der Waals surface area contributed by atoms with Crippen LogP contribution >= 0.6 is 23.4 Å². The number of aromatic amines is 1. The van der Waals surface area contributed by atoms with Crippen LogP contribution in [0.3, 0.4) is 0 Å². The summed E-state index contributed by atoms with van der Waals surface area (Å²) in [7, 11) is 0. The fourth-order valence-electron chi connectivity index (χ4n) is 2.65. The molecule has 3 rings (SSSR count). The SMILES string of the molecule is CSc1cccnc1-c1nc(C(F)(F)C(F)(F)F)c(Oc2ccc(Cl)c(C(F)(F)F)c2)c(=O)[nH]1. The lowest BCUT2D eigenvalue weighted by Crippen LogP contribution is -2.36. The molecule has 0 radical (unpaired) electrons. The molecule has 15 heteroatoms. The van der Waals surface area contributed by atoms with E-state index in [-0.39, 0.29) is 16.7 Å². The van der Waals surface area contributed by atoms with Gasteiger partial charge >= 0.3 is 18.3 Å². The van der Waals surface area contributed by atoms with E-state index in [2.05, 4.69) is 9.97 Å². The predicted molar refractivity (Wildman–Crippen MR) is 106 cm³/mol. The predicted octanol–water partition coefficient (Wildman–Crippen LogP) is 6.67. The lowest BCUT2D eigenvalue weighted by Gasteiger charge is -2.22. The normalized spacial score (nSPS) is 12.6. The van der Waals surface area contributed by atoms with Crippen LogP contribution in [0.2, 0.25) is 5.02 Å². The number of aromatic nitrogens is 3. The van der Waals surface area contributed by atoms with Crippen LogP contribution in [0.4, 0.5) is 35.1 Å². The molecule has 0 aliphatic rings. The number of rotatable bonds is 5. The highest BCUT2D eigenvalue weighted by Crippen LogP contribution is 2.47. The summed E-state index contributed by atoms with van der Waals surface area (Å²) in [4.78, 5) is 21.9. The maximum atomic E-state index is 14.4. The van der Waals surface area contributed by atoms with E-state index in [1.807, 2.05) is 4.98 Å². The van der Waals surface area contributed by atoms with Crippen molar-refractivity contribution in [2.24, 2.45) is 0 Å². The third-order valence-electron chi connectivity index (χ3n) is 4.21. The monoisotopic (exact) mass is 531 g/mol. The molecule has 0 unspecified atom stereocenters. The molecule has 3 aromatic rings. The second-order valence-corrected chi connectivity index (χ2v) is 7.72. The van der Waals surface area contributed by atoms with Gasteiger partial charge in [-0.2, -0.15) is 35.1 Å². The Labute approximate surface area is 194 Å². The summed E-state index contributed by atoms with van der Waals surface area (Å²) in [5.41, 5.74) is -5.43. The molecule has 2 aromatic heterocycles. The molecule has 0 amide bonds. The Hall–Kier alpha value is -2.87. The summed E-state index contributed by atoms with van der Waals surface area (Å²) in [6, 6.07) is 4.58. The Morgan fingerprint density at radius 2 is 1.74 bits per heavy atom. The molecule has 5 nitrogen and oxygen atoms in total. The number of hydrogen-bond acceptors (Lipinski definition) is 5. The Morgan fingerprint density at radius 3 is 2.32 bits per heavy atom. The van der Waals surface area contributed by atoms with Crippen LogP contribution in [-0.4, -0.2) is 27.4 Å². The van der Waals surface area contributed by atoms with Gasteiger partial charge in [0.05, 0.1) is 10.6 Å². The summed E-state index contributed by atoms with van der Waals surface area (Å²) in [5, 5.41) is -0.789. The average molecular weight is 532 g/mol. The standard InChI is InChI=1S/C19H10ClF8N3O2S/c1-34-11-3-2-6-29-12(11)15-30-14(17(21,22)19(26,27)28)13(16(32)31-15)33-8-4-5-10(20)9(7-8)18(23,24)25/h2-7H,1H3,(H,30,31,32). The maximum Gasteiger partial charge on any atom is 0.459 e. The first-order valence-corrected chi connectivity index (χ1v) is 10.4. The first kappa shape index (κ1) is 25.7. The highest BCUT2D eigenvalue weighted by atomic mass is 35.5. The molecule has 0 aliphatic heterocycles. The van der Waals surface area contributed by atoms with Crippen LogP contribution in [0.5, 0.6) is 11.5 Å². The smallest absolute Gasteiger partial charge is 0.449 e. The minimum atomic E-state index is -6.22. The van der Waals surface area contributed by atoms with Gasteiger partial charge in [0.25, 0.3) is 5.56 Å². The van der Waals surface area contributed by atoms with E-state index in [0.29, 0.717) is 6.07 Å². The molecular weight excluding hydrogens is 522 g/mol. The average Bonchev–Trinajstić information content (AvgIpc) is 2.74. The Bertz CT molecular complexity index is 1280. The quantitative estimate of drug-likeness (QED) is 0.294. The van der Waals surface area contributed by atoms with E-state index in [1.165, 1.54) is 18.3 Å². The number of nitrogens with one attached hydrogen (secondary N) is 1. The van der Waals surface area contributed by atoms with Crippen molar-refractivity contribution in [1.29, 1.82) is 0 Å². The summed E-state index contributed by atoms with van der Waals surface area (Å²) in [6.45, 7) is 0. The number of hydrogen-bond donors (Lipinski definition) is 1. The van der Waals surface area contributed by atoms with Gasteiger partial charge in [0, 0.05) is 11.1 Å². The fraction of sp³-hybridized carbons (Fsp3) is 0.211. The number of thioether (sulfide) groups is 1. The largest absolute Gasteiger partial charge is 0.459 e. The third kappa shape index (κ3) is 4.97. The van der Waals surface area contributed by atoms with Crippen LogP contribution in [0, 0.1) is 0 Å². The van der Waals surface area contributed by atoms with E-state index in [1.54, 1.807) is 6.26 Å². The fourth-order valence-corrected chi connectivity index (χ4v) is 3.43. The van der Waals surface area contributed by atoms with E-state index in [0.717, 1.165) is 17.8 Å². The zero-order chi connectivity index (χ0) is 25.5. The number of nitrogens with zero attached hydrogens (tertiary/aromatic N) is 2. The number of benzene rings is 1. The van der Waals surface area contributed by atoms with Gasteiger partial charge in [-0.3, -0.25) is 9.78 Å². The molecule has 0 aliphatic carbocycles. The van der Waals surface area contributed by atoms with Crippen LogP contribution in [-0.2, 0) is 12.1 Å². The van der Waals surface area contributed by atoms with Crippen LogP contribution < -0.4 is 10.3 Å². The lowest BCUT2D eigenvalue weighted by molar-refractivity contribution is -0.291. The number of ether oxygens (including phenoxy) is 1. The van der Waals surface area contributed by atoms with Crippen molar-refractivity contribution >= 4 is 23.4 Å². The number of alkyl halides is 8. The topological polar surface area (TPSA) is 67.9 Å². The molecule has 0 fully saturated rings. The van der Waals surface area contributed by atoms with Crippen molar-refractivity contribution in [1.82, 2.24) is 15.0 Å². The number of pyridine rings is 1.